The van der Waals surface area contributed by atoms with Gasteiger partial charge in [0.05, 0.1) is 11.7 Å². The lowest BCUT2D eigenvalue weighted by Crippen LogP contribution is -2.39. The predicted octanol–water partition coefficient (Wildman–Crippen LogP) is 4.92. The van der Waals surface area contributed by atoms with Crippen molar-refractivity contribution in [2.75, 3.05) is 25.5 Å². The van der Waals surface area contributed by atoms with E-state index in [9.17, 15) is 4.79 Å². The van der Waals surface area contributed by atoms with Crippen LogP contribution in [0.25, 0.3) is 11.1 Å². The number of rotatable bonds is 6. The number of piperidine rings is 1. The maximum absolute atomic E-state index is 13.6. The molecule has 4 rings (SSSR count). The first kappa shape index (κ1) is 21.9. The Labute approximate surface area is 190 Å². The van der Waals surface area contributed by atoms with E-state index in [4.69, 9.17) is 4.98 Å². The Morgan fingerprint density at radius 3 is 2.53 bits per heavy atom. The third-order valence-corrected chi connectivity index (χ3v) is 6.04. The summed E-state index contributed by atoms with van der Waals surface area (Å²) >= 11 is 0. The number of amides is 1. The van der Waals surface area contributed by atoms with Crippen LogP contribution in [0.5, 0.6) is 0 Å². The molecule has 166 valence electrons. The Morgan fingerprint density at radius 2 is 1.84 bits per heavy atom. The second-order valence-electron chi connectivity index (χ2n) is 8.52. The molecule has 3 aromatic rings. The first-order chi connectivity index (χ1) is 15.6. The van der Waals surface area contributed by atoms with E-state index in [1.165, 1.54) is 0 Å². The number of benzene rings is 1. The molecule has 1 amide bonds. The minimum absolute atomic E-state index is 0.0634. The number of hydrogen-bond donors (Lipinski definition) is 0. The molecule has 1 saturated heterocycles. The number of hydrogen-bond acceptors (Lipinski definition) is 5. The summed E-state index contributed by atoms with van der Waals surface area (Å²) in [5, 5.41) is 0. The van der Waals surface area contributed by atoms with E-state index in [-0.39, 0.29) is 11.9 Å². The minimum Gasteiger partial charge on any atom is -0.378 e. The zero-order valence-electron chi connectivity index (χ0n) is 19.2. The van der Waals surface area contributed by atoms with Crippen molar-refractivity contribution in [1.82, 2.24) is 19.9 Å². The van der Waals surface area contributed by atoms with Crippen LogP contribution < -0.4 is 4.90 Å². The van der Waals surface area contributed by atoms with Crippen LogP contribution in [0.3, 0.4) is 0 Å². The second-order valence-corrected chi connectivity index (χ2v) is 8.52. The lowest BCUT2D eigenvalue weighted by Gasteiger charge is -2.36. The summed E-state index contributed by atoms with van der Waals surface area (Å²) in [6.07, 6.45) is 10.3. The Kier molecular flexibility index (Phi) is 6.78. The summed E-state index contributed by atoms with van der Waals surface area (Å²) in [6, 6.07) is 11.8. The molecule has 0 saturated carbocycles. The fourth-order valence-corrected chi connectivity index (χ4v) is 4.31. The van der Waals surface area contributed by atoms with Crippen molar-refractivity contribution in [2.45, 2.75) is 45.1 Å². The van der Waals surface area contributed by atoms with Gasteiger partial charge in [-0.25, -0.2) is 9.97 Å². The lowest BCUT2D eigenvalue weighted by molar-refractivity contribution is 0.0606. The van der Waals surface area contributed by atoms with Gasteiger partial charge in [-0.3, -0.25) is 9.78 Å². The van der Waals surface area contributed by atoms with Crippen LogP contribution >= 0.6 is 0 Å². The highest BCUT2D eigenvalue weighted by Gasteiger charge is 2.32. The number of anilines is 1. The number of nitrogens with zero attached hydrogens (tertiary/aromatic N) is 5. The van der Waals surface area contributed by atoms with Crippen LogP contribution in [-0.4, -0.2) is 46.4 Å². The van der Waals surface area contributed by atoms with Crippen LogP contribution in [0.2, 0.25) is 0 Å². The topological polar surface area (TPSA) is 62.2 Å². The van der Waals surface area contributed by atoms with E-state index in [1.807, 2.05) is 66.5 Å². The van der Waals surface area contributed by atoms with E-state index in [0.29, 0.717) is 0 Å². The van der Waals surface area contributed by atoms with Gasteiger partial charge >= 0.3 is 0 Å². The minimum atomic E-state index is -0.0634. The molecule has 0 aliphatic carbocycles. The predicted molar refractivity (Wildman–Crippen MR) is 128 cm³/mol. The fourth-order valence-electron chi connectivity index (χ4n) is 4.31. The molecule has 0 radical (unpaired) electrons. The molecule has 1 fully saturated rings. The quantitative estimate of drug-likeness (QED) is 0.556. The van der Waals surface area contributed by atoms with Gasteiger partial charge in [-0.05, 0) is 67.6 Å². The number of likely N-dealkylation sites (tertiary alicyclic amines) is 1. The van der Waals surface area contributed by atoms with Crippen molar-refractivity contribution in [3.8, 4) is 11.1 Å². The van der Waals surface area contributed by atoms with Crippen molar-refractivity contribution in [2.24, 2.45) is 0 Å². The SMILES string of the molecule is CCCc1ncc(-c2ccncc2)c([C@@H]2CCCCN2C(=O)c2ccc(N(C)C)cc2)n1. The van der Waals surface area contributed by atoms with Gasteiger partial charge in [0.15, 0.2) is 0 Å². The maximum atomic E-state index is 13.6. The van der Waals surface area contributed by atoms with Gasteiger partial charge < -0.3 is 9.80 Å². The summed E-state index contributed by atoms with van der Waals surface area (Å²) < 4.78 is 0. The van der Waals surface area contributed by atoms with E-state index in [0.717, 1.165) is 72.5 Å². The molecular formula is C26H31N5O. The zero-order chi connectivity index (χ0) is 22.5. The Bertz CT molecular complexity index is 1050. The molecule has 1 aliphatic rings. The maximum Gasteiger partial charge on any atom is 0.254 e. The van der Waals surface area contributed by atoms with E-state index < -0.39 is 0 Å². The van der Waals surface area contributed by atoms with E-state index in [2.05, 4.69) is 16.9 Å². The summed E-state index contributed by atoms with van der Waals surface area (Å²) in [5.74, 6) is 0.907. The first-order valence-electron chi connectivity index (χ1n) is 11.4. The normalized spacial score (nSPS) is 16.1. The van der Waals surface area contributed by atoms with Crippen LogP contribution in [0, 0.1) is 0 Å². The van der Waals surface area contributed by atoms with Gasteiger partial charge in [0.1, 0.15) is 5.82 Å². The molecular weight excluding hydrogens is 398 g/mol. The fraction of sp³-hybridized carbons (Fsp3) is 0.385. The molecule has 0 N–H and O–H groups in total. The van der Waals surface area contributed by atoms with Crippen molar-refractivity contribution in [3.63, 3.8) is 0 Å². The molecule has 0 unspecified atom stereocenters. The molecule has 3 heterocycles. The van der Waals surface area contributed by atoms with Crippen molar-refractivity contribution in [3.05, 3.63) is 72.1 Å². The monoisotopic (exact) mass is 429 g/mol. The van der Waals surface area contributed by atoms with Crippen LogP contribution in [0.4, 0.5) is 5.69 Å². The molecule has 0 bridgehead atoms. The number of carbonyl (C=O) groups excluding carboxylic acids is 1. The number of aryl methyl sites for hydroxylation is 1. The highest BCUT2D eigenvalue weighted by Crippen LogP contribution is 2.36. The third-order valence-electron chi connectivity index (χ3n) is 6.04. The van der Waals surface area contributed by atoms with Crippen molar-refractivity contribution in [1.29, 1.82) is 0 Å². The van der Waals surface area contributed by atoms with Gasteiger partial charge in [0.25, 0.3) is 5.91 Å². The highest BCUT2D eigenvalue weighted by molar-refractivity contribution is 5.95. The van der Waals surface area contributed by atoms with Crippen LogP contribution in [0.1, 0.15) is 60.5 Å². The lowest BCUT2D eigenvalue weighted by atomic mass is 9.93. The van der Waals surface area contributed by atoms with Crippen molar-refractivity contribution >= 4 is 11.6 Å². The molecule has 32 heavy (non-hydrogen) atoms. The standard InChI is InChI=1S/C26H31N5O/c1-4-7-24-28-18-22(19-13-15-27-16-14-19)25(29-24)23-8-5-6-17-31(23)26(32)20-9-11-21(12-10-20)30(2)3/h9-16,18,23H,4-8,17H2,1-3H3/t23-/m0/s1. The van der Waals surface area contributed by atoms with Crippen molar-refractivity contribution < 1.29 is 4.79 Å². The number of pyridine rings is 1. The van der Waals surface area contributed by atoms with Crippen LogP contribution in [0.15, 0.2) is 55.0 Å². The van der Waals surface area contributed by atoms with Gasteiger partial charge in [-0.15, -0.1) is 0 Å². The van der Waals surface area contributed by atoms with Gasteiger partial charge in [-0.1, -0.05) is 6.92 Å². The summed E-state index contributed by atoms with van der Waals surface area (Å²) in [5.41, 5.74) is 4.77. The molecule has 6 heteroatoms. The molecule has 1 aromatic carbocycles. The number of carbonyl (C=O) groups is 1. The Hall–Kier alpha value is -3.28. The number of aromatic nitrogens is 3. The molecule has 6 nitrogen and oxygen atoms in total. The van der Waals surface area contributed by atoms with Gasteiger partial charge in [0, 0.05) is 62.5 Å². The Morgan fingerprint density at radius 1 is 1.09 bits per heavy atom. The average Bonchev–Trinajstić information content (AvgIpc) is 2.84. The van der Waals surface area contributed by atoms with Gasteiger partial charge in [0.2, 0.25) is 0 Å². The summed E-state index contributed by atoms with van der Waals surface area (Å²) in [7, 11) is 4.00. The Balaban J connectivity index is 1.73. The second kappa shape index (κ2) is 9.90. The zero-order valence-corrected chi connectivity index (χ0v) is 19.2. The summed E-state index contributed by atoms with van der Waals surface area (Å²) in [6.45, 7) is 2.87. The molecule has 1 aliphatic heterocycles. The van der Waals surface area contributed by atoms with Crippen LogP contribution in [-0.2, 0) is 6.42 Å². The third kappa shape index (κ3) is 4.64. The van der Waals surface area contributed by atoms with E-state index in [1.54, 1.807) is 12.4 Å². The summed E-state index contributed by atoms with van der Waals surface area (Å²) in [4.78, 5) is 31.4. The molecule has 0 spiro atoms. The average molecular weight is 430 g/mol. The van der Waals surface area contributed by atoms with E-state index >= 15 is 0 Å². The highest BCUT2D eigenvalue weighted by atomic mass is 16.2. The smallest absolute Gasteiger partial charge is 0.254 e. The van der Waals surface area contributed by atoms with Gasteiger partial charge in [-0.2, -0.15) is 0 Å². The molecule has 1 atom stereocenters. The largest absolute Gasteiger partial charge is 0.378 e. The molecule has 2 aromatic heterocycles. The first-order valence-corrected chi connectivity index (χ1v) is 11.4.